The van der Waals surface area contributed by atoms with Crippen LogP contribution in [0.25, 0.3) is 0 Å². The maximum absolute atomic E-state index is 11.1. The zero-order valence-electron chi connectivity index (χ0n) is 18.1. The Morgan fingerprint density at radius 1 is 0.840 bits per heavy atom. The number of ether oxygens (including phenoxy) is 1. The number of carboxylic acid groups (broad SMARTS) is 1. The van der Waals surface area contributed by atoms with Crippen LogP contribution in [0.4, 0.5) is 0 Å². The number of carboxylic acids is 1. The average molecular weight is 383 g/mol. The zero-order valence-corrected chi connectivity index (χ0v) is 18.3. The fraction of sp³-hybridized carbons (Fsp3) is 0.800. The fourth-order valence-corrected chi connectivity index (χ4v) is 2.56. The third-order valence-corrected chi connectivity index (χ3v) is 4.06. The molecule has 0 aliphatic heterocycles. The number of rotatable bonds is 17. The van der Waals surface area contributed by atoms with E-state index in [1.807, 2.05) is 6.08 Å². The van der Waals surface area contributed by atoms with Gasteiger partial charge in [-0.3, -0.25) is 9.59 Å². The molecule has 0 aliphatic carbocycles. The van der Waals surface area contributed by atoms with E-state index in [0.717, 1.165) is 12.8 Å². The van der Waals surface area contributed by atoms with Gasteiger partial charge in [0.2, 0.25) is 0 Å². The molecule has 0 saturated heterocycles. The summed E-state index contributed by atoms with van der Waals surface area (Å²) in [4.78, 5) is 21.4. The van der Waals surface area contributed by atoms with E-state index in [9.17, 15) is 9.59 Å². The van der Waals surface area contributed by atoms with E-state index in [4.69, 9.17) is 9.84 Å². The summed E-state index contributed by atoms with van der Waals surface area (Å²) in [5, 5.41) is 8.44. The molecule has 0 radical (unpaired) electrons. The first-order chi connectivity index (χ1) is 11.7. The van der Waals surface area contributed by atoms with Gasteiger partial charge >= 0.3 is 49.7 Å². The van der Waals surface area contributed by atoms with Crippen molar-refractivity contribution in [3.05, 3.63) is 12.3 Å². The second kappa shape index (κ2) is 22.0. The fourth-order valence-electron chi connectivity index (χ4n) is 2.56. The number of hydrogen-bond donors (Lipinski definition) is 1. The van der Waals surface area contributed by atoms with Crippen molar-refractivity contribution in [2.75, 3.05) is 0 Å². The Morgan fingerprint density at radius 2 is 1.32 bits per heavy atom. The van der Waals surface area contributed by atoms with Gasteiger partial charge in [-0.05, 0) is 18.9 Å². The van der Waals surface area contributed by atoms with Gasteiger partial charge in [-0.2, -0.15) is 0 Å². The minimum atomic E-state index is -0.979. The topological polar surface area (TPSA) is 63.6 Å². The van der Waals surface area contributed by atoms with E-state index in [-0.39, 0.29) is 53.4 Å². The predicted molar refractivity (Wildman–Crippen MR) is 106 cm³/mol. The summed E-state index contributed by atoms with van der Waals surface area (Å²) in [6, 6.07) is 0. The molecule has 0 aromatic carbocycles. The molecule has 144 valence electrons. The molecule has 0 heterocycles. The number of carbonyl (C=O) groups excluding carboxylic acids is 1. The van der Waals surface area contributed by atoms with Crippen LogP contribution in [-0.4, -0.2) is 54.8 Å². The van der Waals surface area contributed by atoms with E-state index < -0.39 is 11.9 Å². The first-order valence-corrected chi connectivity index (χ1v) is 9.73. The molecule has 0 aromatic heterocycles. The third kappa shape index (κ3) is 23.9. The third-order valence-electron chi connectivity index (χ3n) is 4.06. The van der Waals surface area contributed by atoms with Crippen LogP contribution >= 0.6 is 0 Å². The standard InChI is InChI=1S/C20H36O4.Ca.2H/c1-2-3-4-5-6-7-8-9-10-11-12-13-14-15-18-24-20(23)17-16-19(21)22;;;/h15,18H,2-14,16-17H2,1H3,(H,21,22);;;/q;+2;2*-1. The number of hydrogen-bond acceptors (Lipinski definition) is 3. The molecule has 0 fully saturated rings. The van der Waals surface area contributed by atoms with Crippen molar-refractivity contribution in [3.63, 3.8) is 0 Å². The summed E-state index contributed by atoms with van der Waals surface area (Å²) >= 11 is 0. The normalized spacial score (nSPS) is 10.6. The summed E-state index contributed by atoms with van der Waals surface area (Å²) in [6.45, 7) is 2.25. The number of carbonyl (C=O) groups is 2. The van der Waals surface area contributed by atoms with Gasteiger partial charge in [-0.25, -0.2) is 0 Å². The molecule has 0 atom stereocenters. The van der Waals surface area contributed by atoms with Crippen LogP contribution in [0.2, 0.25) is 0 Å². The number of aliphatic carboxylic acids is 1. The van der Waals surface area contributed by atoms with E-state index in [0.29, 0.717) is 0 Å². The first-order valence-electron chi connectivity index (χ1n) is 9.73. The van der Waals surface area contributed by atoms with E-state index >= 15 is 0 Å². The van der Waals surface area contributed by atoms with Crippen molar-refractivity contribution in [2.45, 2.75) is 103 Å². The number of unbranched alkanes of at least 4 members (excludes halogenated alkanes) is 12. The van der Waals surface area contributed by atoms with Gasteiger partial charge in [0.15, 0.2) is 0 Å². The van der Waals surface area contributed by atoms with Gasteiger partial charge in [0, 0.05) is 0 Å². The smallest absolute Gasteiger partial charge is 1.00 e. The quantitative estimate of drug-likeness (QED) is 0.148. The van der Waals surface area contributed by atoms with Crippen LogP contribution in [0.1, 0.15) is 106 Å². The molecule has 0 saturated carbocycles. The zero-order chi connectivity index (χ0) is 17.9. The van der Waals surface area contributed by atoms with Gasteiger partial charge in [-0.15, -0.1) is 0 Å². The summed E-state index contributed by atoms with van der Waals surface area (Å²) in [5.41, 5.74) is 0. The molecular weight excluding hydrogens is 344 g/mol. The van der Waals surface area contributed by atoms with Crippen molar-refractivity contribution in [1.29, 1.82) is 0 Å². The van der Waals surface area contributed by atoms with Gasteiger partial charge in [0.25, 0.3) is 0 Å². The molecule has 0 rings (SSSR count). The Kier molecular flexibility index (Phi) is 23.9. The van der Waals surface area contributed by atoms with Crippen LogP contribution in [0.3, 0.4) is 0 Å². The molecule has 0 spiro atoms. The van der Waals surface area contributed by atoms with E-state index in [1.165, 1.54) is 76.9 Å². The predicted octanol–water partition coefficient (Wildman–Crippen LogP) is 5.84. The summed E-state index contributed by atoms with van der Waals surface area (Å²) in [6.07, 6.45) is 19.8. The van der Waals surface area contributed by atoms with Gasteiger partial charge in [0.05, 0.1) is 19.1 Å². The van der Waals surface area contributed by atoms with Gasteiger partial charge < -0.3 is 12.7 Å². The molecule has 25 heavy (non-hydrogen) atoms. The van der Waals surface area contributed by atoms with Crippen molar-refractivity contribution in [3.8, 4) is 0 Å². The molecule has 0 aromatic rings. The Labute approximate surface area is 186 Å². The van der Waals surface area contributed by atoms with Crippen LogP contribution in [0, 0.1) is 0 Å². The van der Waals surface area contributed by atoms with Crippen molar-refractivity contribution < 1.29 is 22.3 Å². The second-order valence-electron chi connectivity index (χ2n) is 6.43. The summed E-state index contributed by atoms with van der Waals surface area (Å²) in [7, 11) is 0. The SMILES string of the molecule is CCCCCCCCCCCCCCC=COC(=O)CCC(=O)O.[Ca+2].[H-].[H-]. The maximum Gasteiger partial charge on any atom is 2.00 e. The van der Waals surface area contributed by atoms with E-state index in [2.05, 4.69) is 6.92 Å². The average Bonchev–Trinajstić information content (AvgIpc) is 2.56. The van der Waals surface area contributed by atoms with Crippen LogP contribution in [-0.2, 0) is 14.3 Å². The Hall–Kier alpha value is -0.0603. The Morgan fingerprint density at radius 3 is 1.80 bits per heavy atom. The van der Waals surface area contributed by atoms with E-state index in [1.54, 1.807) is 0 Å². The molecule has 0 amide bonds. The minimum absolute atomic E-state index is 0. The second-order valence-corrected chi connectivity index (χ2v) is 6.43. The Balaban J connectivity index is -0.000000882. The molecule has 0 unspecified atom stereocenters. The van der Waals surface area contributed by atoms with Gasteiger partial charge in [0.1, 0.15) is 0 Å². The molecule has 0 aliphatic rings. The monoisotopic (exact) mass is 382 g/mol. The van der Waals surface area contributed by atoms with Crippen molar-refractivity contribution in [1.82, 2.24) is 0 Å². The van der Waals surface area contributed by atoms with Crippen molar-refractivity contribution >= 4 is 49.7 Å². The van der Waals surface area contributed by atoms with Crippen molar-refractivity contribution in [2.24, 2.45) is 0 Å². The minimum Gasteiger partial charge on any atom is -1.00 e. The Bertz CT molecular complexity index is 353. The summed E-state index contributed by atoms with van der Waals surface area (Å²) < 4.78 is 4.82. The van der Waals surface area contributed by atoms with Gasteiger partial charge in [-0.1, -0.05) is 77.6 Å². The maximum atomic E-state index is 11.1. The van der Waals surface area contributed by atoms with Crippen LogP contribution in [0.5, 0.6) is 0 Å². The molecule has 1 N–H and O–H groups in total. The number of allylic oxidation sites excluding steroid dienone is 1. The van der Waals surface area contributed by atoms with Crippen LogP contribution in [0.15, 0.2) is 12.3 Å². The molecular formula is C20H38CaO4. The molecule has 0 bridgehead atoms. The first kappa shape index (κ1) is 27.2. The largest absolute Gasteiger partial charge is 2.00 e. The van der Waals surface area contributed by atoms with Crippen LogP contribution < -0.4 is 0 Å². The molecule has 5 heteroatoms. The molecule has 4 nitrogen and oxygen atoms in total. The number of esters is 1. The summed E-state index contributed by atoms with van der Waals surface area (Å²) in [5.74, 6) is -1.46.